The fourth-order valence-corrected chi connectivity index (χ4v) is 7.25. The molecule has 1 saturated heterocycles. The van der Waals surface area contributed by atoms with E-state index in [1.165, 1.54) is 0 Å². The van der Waals surface area contributed by atoms with Gasteiger partial charge in [-0.05, 0) is 122 Å². The first-order valence-corrected chi connectivity index (χ1v) is 18.0. The molecule has 1 atom stereocenters. The number of aromatic nitrogens is 3. The van der Waals surface area contributed by atoms with Crippen LogP contribution in [0, 0.1) is 36.0 Å². The Balaban J connectivity index is 1.16. The molecule has 3 N–H and O–H groups in total. The fraction of sp³-hybridized carbons (Fsp3) is 0.326. The molecule has 3 aromatic carbocycles. The molecule has 0 spiro atoms. The van der Waals surface area contributed by atoms with Crippen LogP contribution >= 0.6 is 0 Å². The van der Waals surface area contributed by atoms with Gasteiger partial charge in [-0.2, -0.15) is 5.26 Å². The predicted octanol–water partition coefficient (Wildman–Crippen LogP) is 8.58. The number of aliphatic hydroxyl groups is 1. The molecule has 0 unspecified atom stereocenters. The first-order valence-electron chi connectivity index (χ1n) is 18.0. The monoisotopic (exact) mass is 708 g/mol. The second kappa shape index (κ2) is 14.1. The molecule has 4 heterocycles. The van der Waals surface area contributed by atoms with Crippen LogP contribution in [0.4, 0.5) is 11.5 Å². The molecule has 6 aromatic rings. The lowest BCUT2D eigenvalue weighted by Crippen LogP contribution is -2.31. The van der Waals surface area contributed by atoms with Crippen molar-refractivity contribution in [2.45, 2.75) is 60.4 Å². The molecule has 53 heavy (non-hydrogen) atoms. The van der Waals surface area contributed by atoms with E-state index in [9.17, 15) is 20.3 Å². The van der Waals surface area contributed by atoms with E-state index < -0.39 is 11.4 Å². The molecule has 0 saturated carbocycles. The maximum atomic E-state index is 11.8. The average molecular weight is 709 g/mol. The summed E-state index contributed by atoms with van der Waals surface area (Å²) in [5.41, 5.74) is 9.19. The zero-order valence-electron chi connectivity index (χ0n) is 30.8. The van der Waals surface area contributed by atoms with Gasteiger partial charge in [0.1, 0.15) is 17.1 Å². The molecular weight excluding hydrogens is 665 g/mol. The number of aliphatic hydroxyl groups excluding tert-OH is 1. The van der Waals surface area contributed by atoms with Crippen molar-refractivity contribution in [3.8, 4) is 28.7 Å². The van der Waals surface area contributed by atoms with Crippen molar-refractivity contribution in [1.82, 2.24) is 19.9 Å². The molecule has 270 valence electrons. The normalized spacial score (nSPS) is 16.3. The highest BCUT2D eigenvalue weighted by Gasteiger charge is 2.40. The van der Waals surface area contributed by atoms with Crippen molar-refractivity contribution >= 4 is 39.5 Å². The first kappa shape index (κ1) is 35.8. The van der Waals surface area contributed by atoms with E-state index in [-0.39, 0.29) is 12.0 Å². The number of carboxylic acids is 1. The zero-order valence-corrected chi connectivity index (χ0v) is 30.8. The summed E-state index contributed by atoms with van der Waals surface area (Å²) >= 11 is 0. The van der Waals surface area contributed by atoms with Crippen molar-refractivity contribution in [2.24, 2.45) is 10.8 Å². The van der Waals surface area contributed by atoms with E-state index in [0.717, 1.165) is 68.4 Å². The van der Waals surface area contributed by atoms with Gasteiger partial charge in [-0.1, -0.05) is 38.1 Å². The highest BCUT2D eigenvalue weighted by molar-refractivity contribution is 5.91. The number of fused-ring (bicyclic) bond motifs is 2. The molecule has 1 aliphatic heterocycles. The van der Waals surface area contributed by atoms with Crippen LogP contribution < -0.4 is 5.32 Å². The minimum Gasteiger partial charge on any atom is -0.481 e. The van der Waals surface area contributed by atoms with Gasteiger partial charge in [0, 0.05) is 48.7 Å². The summed E-state index contributed by atoms with van der Waals surface area (Å²) in [6, 6.07) is 22.4. The average Bonchev–Trinajstić information content (AvgIpc) is 3.75. The van der Waals surface area contributed by atoms with Gasteiger partial charge < -0.3 is 19.9 Å². The second-order valence-electron chi connectivity index (χ2n) is 15.4. The Bertz CT molecular complexity index is 2410. The predicted molar refractivity (Wildman–Crippen MR) is 207 cm³/mol. The van der Waals surface area contributed by atoms with E-state index in [2.05, 4.69) is 67.2 Å². The molecule has 10 nitrogen and oxygen atoms in total. The largest absolute Gasteiger partial charge is 0.481 e. The molecule has 10 heteroatoms. The maximum Gasteiger partial charge on any atom is 0.310 e. The number of carbonyl (C=O) groups is 1. The number of nitriles is 1. The van der Waals surface area contributed by atoms with Gasteiger partial charge in [0.15, 0.2) is 11.4 Å². The summed E-state index contributed by atoms with van der Waals surface area (Å²) in [5, 5.41) is 33.9. The summed E-state index contributed by atoms with van der Waals surface area (Å²) in [6.07, 6.45) is 5.98. The van der Waals surface area contributed by atoms with E-state index in [0.29, 0.717) is 54.4 Å². The number of aryl methyl sites for hydroxylation is 1. The maximum absolute atomic E-state index is 11.8. The minimum atomic E-state index is -0.783. The van der Waals surface area contributed by atoms with Gasteiger partial charge in [0.25, 0.3) is 0 Å². The van der Waals surface area contributed by atoms with Crippen molar-refractivity contribution in [3.05, 3.63) is 101 Å². The summed E-state index contributed by atoms with van der Waals surface area (Å²) in [4.78, 5) is 28.2. The molecule has 7 rings (SSSR count). The molecular formula is C43H44N6O4. The van der Waals surface area contributed by atoms with Crippen LogP contribution in [0.2, 0.25) is 0 Å². The SMILES string of the molecule is Cc1c(Nc2nccc3cc(CCC(C)(C)CO)cnc23)cccc1-c1cccc(-c2nc3cc(CN4CC[C@@](C)(C(=O)O)C4)cc(C#N)c3o2)c1C. The molecule has 0 radical (unpaired) electrons. The Morgan fingerprint density at radius 3 is 2.53 bits per heavy atom. The van der Waals surface area contributed by atoms with Crippen LogP contribution in [-0.2, 0) is 17.8 Å². The smallest absolute Gasteiger partial charge is 0.310 e. The zero-order chi connectivity index (χ0) is 37.5. The topological polar surface area (TPSA) is 148 Å². The lowest BCUT2D eigenvalue weighted by Gasteiger charge is -2.21. The van der Waals surface area contributed by atoms with Crippen molar-refractivity contribution in [1.29, 1.82) is 5.26 Å². The van der Waals surface area contributed by atoms with Crippen LogP contribution in [0.15, 0.2) is 77.5 Å². The highest BCUT2D eigenvalue weighted by atomic mass is 16.4. The molecule has 0 amide bonds. The number of hydrogen-bond donors (Lipinski definition) is 3. The van der Waals surface area contributed by atoms with Gasteiger partial charge in [0.2, 0.25) is 5.89 Å². The van der Waals surface area contributed by atoms with Gasteiger partial charge in [-0.3, -0.25) is 14.7 Å². The van der Waals surface area contributed by atoms with Crippen LogP contribution in [0.25, 0.3) is 44.6 Å². The first-order chi connectivity index (χ1) is 25.4. The Hall–Kier alpha value is -5.63. The Morgan fingerprint density at radius 2 is 1.79 bits per heavy atom. The quantitative estimate of drug-likeness (QED) is 0.119. The number of likely N-dealkylation sites (tertiary alicyclic amines) is 1. The fourth-order valence-electron chi connectivity index (χ4n) is 7.25. The van der Waals surface area contributed by atoms with E-state index in [1.54, 1.807) is 13.1 Å². The van der Waals surface area contributed by atoms with Gasteiger partial charge >= 0.3 is 5.97 Å². The van der Waals surface area contributed by atoms with Crippen LogP contribution in [-0.4, -0.2) is 55.7 Å². The Morgan fingerprint density at radius 1 is 1.04 bits per heavy atom. The van der Waals surface area contributed by atoms with E-state index in [4.69, 9.17) is 14.4 Å². The number of hydrogen-bond acceptors (Lipinski definition) is 9. The number of pyridine rings is 2. The number of nitrogens with one attached hydrogen (secondary N) is 1. The number of aliphatic carboxylic acids is 1. The molecule has 1 fully saturated rings. The molecule has 0 aliphatic carbocycles. The number of carboxylic acid groups (broad SMARTS) is 1. The van der Waals surface area contributed by atoms with Gasteiger partial charge in [-0.25, -0.2) is 9.97 Å². The number of benzene rings is 3. The van der Waals surface area contributed by atoms with Crippen LogP contribution in [0.5, 0.6) is 0 Å². The molecule has 1 aliphatic rings. The summed E-state index contributed by atoms with van der Waals surface area (Å²) < 4.78 is 6.29. The van der Waals surface area contributed by atoms with Crippen molar-refractivity contribution in [3.63, 3.8) is 0 Å². The number of anilines is 2. The van der Waals surface area contributed by atoms with Crippen LogP contribution in [0.1, 0.15) is 61.4 Å². The number of oxazole rings is 1. The van der Waals surface area contributed by atoms with Crippen LogP contribution in [0.3, 0.4) is 0 Å². The van der Waals surface area contributed by atoms with Crippen molar-refractivity contribution in [2.75, 3.05) is 25.0 Å². The Labute approximate surface area is 309 Å². The Kier molecular flexibility index (Phi) is 9.49. The number of nitrogens with zero attached hydrogens (tertiary/aromatic N) is 5. The third-order valence-electron chi connectivity index (χ3n) is 10.8. The third kappa shape index (κ3) is 7.10. The second-order valence-corrected chi connectivity index (χ2v) is 15.4. The molecule has 0 bridgehead atoms. The number of rotatable bonds is 11. The van der Waals surface area contributed by atoms with Gasteiger partial charge in [0.05, 0.1) is 11.0 Å². The summed E-state index contributed by atoms with van der Waals surface area (Å²) in [6.45, 7) is 11.9. The lowest BCUT2D eigenvalue weighted by molar-refractivity contribution is -0.147. The van der Waals surface area contributed by atoms with Crippen molar-refractivity contribution < 1.29 is 19.4 Å². The summed E-state index contributed by atoms with van der Waals surface area (Å²) in [7, 11) is 0. The standard InChI is InChI=1S/C43H44N6O4/c1-26-32(33-9-7-11-35(27(33)2)47-39-37-30(13-16-45-39)18-28(22-46-37)12-14-42(3,4)25-50)8-6-10-34(26)40-48-36-20-29(19-31(21-44)38(36)53-40)23-49-17-15-43(5,24-49)41(51)52/h6-11,13,16,18-20,22,50H,12,14-15,17,23-25H2,1-5H3,(H,45,47)(H,51,52)/t43-/m1/s1. The third-order valence-corrected chi connectivity index (χ3v) is 10.8. The van der Waals surface area contributed by atoms with E-state index in [1.807, 2.05) is 48.7 Å². The summed E-state index contributed by atoms with van der Waals surface area (Å²) in [5.74, 6) is 0.328. The molecule has 3 aromatic heterocycles. The van der Waals surface area contributed by atoms with E-state index >= 15 is 0 Å². The lowest BCUT2D eigenvalue weighted by atomic mass is 9.87. The highest BCUT2D eigenvalue weighted by Crippen LogP contribution is 2.38. The van der Waals surface area contributed by atoms with Gasteiger partial charge in [-0.15, -0.1) is 0 Å². The minimum absolute atomic E-state index is 0.141.